The monoisotopic (exact) mass is 334 g/mol. The first-order valence-corrected chi connectivity index (χ1v) is 6.91. The molecule has 0 amide bonds. The standard InChI is InChI=1S/C14H12BrFN4/c1-8-4-11-13(17-6-8)19-20-14(11)18-7-9-2-3-10(15)5-12(9)16/h2-6H,7H2,1H3,(H2,17,18,19,20). The van der Waals surface area contributed by atoms with Crippen LogP contribution in [0.2, 0.25) is 0 Å². The lowest BCUT2D eigenvalue weighted by atomic mass is 10.2. The van der Waals surface area contributed by atoms with E-state index in [1.807, 2.05) is 19.1 Å². The Morgan fingerprint density at radius 3 is 3.00 bits per heavy atom. The minimum Gasteiger partial charge on any atom is -0.364 e. The van der Waals surface area contributed by atoms with Crippen molar-refractivity contribution >= 4 is 32.8 Å². The Labute approximate surface area is 123 Å². The van der Waals surface area contributed by atoms with E-state index < -0.39 is 0 Å². The van der Waals surface area contributed by atoms with Crippen molar-refractivity contribution in [3.05, 3.63) is 51.9 Å². The van der Waals surface area contributed by atoms with E-state index in [1.165, 1.54) is 6.07 Å². The highest BCUT2D eigenvalue weighted by atomic mass is 79.9. The third kappa shape index (κ3) is 2.51. The predicted octanol–water partition coefficient (Wildman–Crippen LogP) is 3.78. The van der Waals surface area contributed by atoms with Gasteiger partial charge in [-0.05, 0) is 30.7 Å². The highest BCUT2D eigenvalue weighted by Crippen LogP contribution is 2.21. The molecule has 0 radical (unpaired) electrons. The molecule has 6 heteroatoms. The zero-order valence-corrected chi connectivity index (χ0v) is 12.3. The topological polar surface area (TPSA) is 53.6 Å². The number of fused-ring (bicyclic) bond motifs is 1. The number of aromatic amines is 1. The number of halogens is 2. The van der Waals surface area contributed by atoms with Crippen molar-refractivity contribution in [1.82, 2.24) is 15.2 Å². The summed E-state index contributed by atoms with van der Waals surface area (Å²) >= 11 is 3.24. The van der Waals surface area contributed by atoms with Crippen LogP contribution in [0.1, 0.15) is 11.1 Å². The number of aryl methyl sites for hydroxylation is 1. The first-order valence-electron chi connectivity index (χ1n) is 6.12. The summed E-state index contributed by atoms with van der Waals surface area (Å²) in [5.41, 5.74) is 2.36. The molecule has 0 bridgehead atoms. The summed E-state index contributed by atoms with van der Waals surface area (Å²) < 4.78 is 14.5. The van der Waals surface area contributed by atoms with E-state index in [9.17, 15) is 4.39 Å². The van der Waals surface area contributed by atoms with Gasteiger partial charge in [-0.3, -0.25) is 5.10 Å². The van der Waals surface area contributed by atoms with Gasteiger partial charge in [-0.2, -0.15) is 5.10 Å². The van der Waals surface area contributed by atoms with Crippen LogP contribution in [0.3, 0.4) is 0 Å². The maximum Gasteiger partial charge on any atom is 0.157 e. The molecule has 4 nitrogen and oxygen atoms in total. The molecule has 0 spiro atoms. The van der Waals surface area contributed by atoms with Crippen LogP contribution in [0, 0.1) is 12.7 Å². The molecule has 0 fully saturated rings. The maximum absolute atomic E-state index is 13.7. The number of rotatable bonds is 3. The SMILES string of the molecule is Cc1cnc2[nH]nc(NCc3ccc(Br)cc3F)c2c1. The molecule has 0 unspecified atom stereocenters. The van der Waals surface area contributed by atoms with Crippen LogP contribution in [-0.4, -0.2) is 15.2 Å². The van der Waals surface area contributed by atoms with Crippen molar-refractivity contribution in [2.75, 3.05) is 5.32 Å². The Kier molecular flexibility index (Phi) is 3.40. The summed E-state index contributed by atoms with van der Waals surface area (Å²) in [6.45, 7) is 2.34. The van der Waals surface area contributed by atoms with Gasteiger partial charge in [0, 0.05) is 22.8 Å². The summed E-state index contributed by atoms with van der Waals surface area (Å²) in [5.74, 6) is 0.430. The number of H-pyrrole nitrogens is 1. The second-order valence-corrected chi connectivity index (χ2v) is 5.49. The molecule has 3 aromatic rings. The van der Waals surface area contributed by atoms with Gasteiger partial charge in [0.15, 0.2) is 11.5 Å². The van der Waals surface area contributed by atoms with E-state index in [1.54, 1.807) is 12.3 Å². The zero-order chi connectivity index (χ0) is 14.1. The highest BCUT2D eigenvalue weighted by Gasteiger charge is 2.08. The fourth-order valence-corrected chi connectivity index (χ4v) is 2.32. The molecular weight excluding hydrogens is 323 g/mol. The summed E-state index contributed by atoms with van der Waals surface area (Å²) in [5, 5.41) is 11.1. The number of nitrogens with zero attached hydrogens (tertiary/aromatic N) is 2. The highest BCUT2D eigenvalue weighted by molar-refractivity contribution is 9.10. The summed E-state index contributed by atoms with van der Waals surface area (Å²) in [7, 11) is 0. The van der Waals surface area contributed by atoms with Crippen LogP contribution < -0.4 is 5.32 Å². The number of hydrogen-bond acceptors (Lipinski definition) is 3. The lowest BCUT2D eigenvalue weighted by Gasteiger charge is -2.05. The third-order valence-corrected chi connectivity index (χ3v) is 3.51. The molecule has 0 aliphatic carbocycles. The molecule has 2 N–H and O–H groups in total. The van der Waals surface area contributed by atoms with Crippen molar-refractivity contribution in [2.24, 2.45) is 0 Å². The number of hydrogen-bond donors (Lipinski definition) is 2. The molecule has 20 heavy (non-hydrogen) atoms. The van der Waals surface area contributed by atoms with Crippen molar-refractivity contribution in [3.8, 4) is 0 Å². The molecule has 1 aromatic carbocycles. The number of anilines is 1. The van der Waals surface area contributed by atoms with E-state index >= 15 is 0 Å². The van der Waals surface area contributed by atoms with Crippen molar-refractivity contribution in [2.45, 2.75) is 13.5 Å². The Bertz CT molecular complexity index is 769. The lowest BCUT2D eigenvalue weighted by molar-refractivity contribution is 0.612. The van der Waals surface area contributed by atoms with Gasteiger partial charge in [0.1, 0.15) is 5.82 Å². The number of aromatic nitrogens is 3. The molecule has 0 saturated carbocycles. The van der Waals surface area contributed by atoms with Crippen LogP contribution in [0.5, 0.6) is 0 Å². The fraction of sp³-hybridized carbons (Fsp3) is 0.143. The van der Waals surface area contributed by atoms with E-state index in [2.05, 4.69) is 36.4 Å². The maximum atomic E-state index is 13.7. The lowest BCUT2D eigenvalue weighted by Crippen LogP contribution is -2.02. The minimum atomic E-state index is -0.249. The molecule has 0 aliphatic heterocycles. The quantitative estimate of drug-likeness (QED) is 0.766. The normalized spacial score (nSPS) is 10.9. The van der Waals surface area contributed by atoms with Gasteiger partial charge in [-0.15, -0.1) is 0 Å². The predicted molar refractivity (Wildman–Crippen MR) is 80.1 cm³/mol. The van der Waals surface area contributed by atoms with Gasteiger partial charge in [-0.1, -0.05) is 22.0 Å². The van der Waals surface area contributed by atoms with Crippen LogP contribution >= 0.6 is 15.9 Å². The van der Waals surface area contributed by atoms with Crippen molar-refractivity contribution in [3.63, 3.8) is 0 Å². The molecule has 0 saturated heterocycles. The Hall–Kier alpha value is -1.95. The third-order valence-electron chi connectivity index (χ3n) is 3.01. The van der Waals surface area contributed by atoms with Crippen LogP contribution in [0.4, 0.5) is 10.2 Å². The number of nitrogens with one attached hydrogen (secondary N) is 2. The van der Waals surface area contributed by atoms with Crippen molar-refractivity contribution in [1.29, 1.82) is 0 Å². The molecule has 2 aromatic heterocycles. The molecule has 102 valence electrons. The Balaban J connectivity index is 1.85. The first-order chi connectivity index (χ1) is 9.63. The zero-order valence-electron chi connectivity index (χ0n) is 10.7. The Morgan fingerprint density at radius 2 is 2.20 bits per heavy atom. The van der Waals surface area contributed by atoms with Gasteiger partial charge in [0.05, 0.1) is 5.39 Å². The van der Waals surface area contributed by atoms with E-state index in [-0.39, 0.29) is 5.82 Å². The van der Waals surface area contributed by atoms with Gasteiger partial charge in [0.25, 0.3) is 0 Å². The van der Waals surface area contributed by atoms with Crippen LogP contribution in [0.15, 0.2) is 34.9 Å². The summed E-state index contributed by atoms with van der Waals surface area (Å²) in [6, 6.07) is 7.00. The minimum absolute atomic E-state index is 0.249. The molecule has 0 atom stereocenters. The first kappa shape index (κ1) is 13.1. The van der Waals surface area contributed by atoms with Gasteiger partial charge in [0.2, 0.25) is 0 Å². The number of benzene rings is 1. The van der Waals surface area contributed by atoms with E-state index in [0.29, 0.717) is 17.9 Å². The molecular formula is C14H12BrFN4. The average molecular weight is 335 g/mol. The summed E-state index contributed by atoms with van der Waals surface area (Å²) in [6.07, 6.45) is 1.78. The second kappa shape index (κ2) is 5.20. The van der Waals surface area contributed by atoms with Crippen LogP contribution in [-0.2, 0) is 6.54 Å². The van der Waals surface area contributed by atoms with Gasteiger partial charge in [-0.25, -0.2) is 9.37 Å². The second-order valence-electron chi connectivity index (χ2n) is 4.57. The van der Waals surface area contributed by atoms with E-state index in [0.717, 1.165) is 21.1 Å². The van der Waals surface area contributed by atoms with E-state index in [4.69, 9.17) is 0 Å². The largest absolute Gasteiger partial charge is 0.364 e. The fourth-order valence-electron chi connectivity index (χ4n) is 1.99. The molecule has 2 heterocycles. The molecule has 3 rings (SSSR count). The number of pyridine rings is 1. The van der Waals surface area contributed by atoms with Gasteiger partial charge >= 0.3 is 0 Å². The Morgan fingerprint density at radius 1 is 1.35 bits per heavy atom. The van der Waals surface area contributed by atoms with Gasteiger partial charge < -0.3 is 5.32 Å². The average Bonchev–Trinajstić information content (AvgIpc) is 2.80. The molecule has 0 aliphatic rings. The van der Waals surface area contributed by atoms with Crippen LogP contribution in [0.25, 0.3) is 11.0 Å². The summed E-state index contributed by atoms with van der Waals surface area (Å²) in [4.78, 5) is 4.25. The van der Waals surface area contributed by atoms with Crippen molar-refractivity contribution < 1.29 is 4.39 Å². The smallest absolute Gasteiger partial charge is 0.157 e.